The van der Waals surface area contributed by atoms with Crippen molar-refractivity contribution in [2.24, 2.45) is 11.1 Å². The van der Waals surface area contributed by atoms with Crippen LogP contribution in [0.25, 0.3) is 0 Å². The second-order valence-corrected chi connectivity index (χ2v) is 8.36. The number of sulfonamides is 1. The van der Waals surface area contributed by atoms with Gasteiger partial charge in [-0.1, -0.05) is 46.5 Å². The van der Waals surface area contributed by atoms with Crippen LogP contribution in [0.1, 0.15) is 64.4 Å². The number of aliphatic hydroxyl groups excluding tert-OH is 1. The van der Waals surface area contributed by atoms with E-state index < -0.39 is 16.1 Å². The summed E-state index contributed by atoms with van der Waals surface area (Å²) in [4.78, 5) is 0. The van der Waals surface area contributed by atoms with Gasteiger partial charge >= 0.3 is 0 Å². The summed E-state index contributed by atoms with van der Waals surface area (Å²) >= 11 is 1.13. The first kappa shape index (κ1) is 18.6. The summed E-state index contributed by atoms with van der Waals surface area (Å²) < 4.78 is 23.6. The molecule has 3 N–H and O–H groups in total. The molecule has 1 unspecified atom stereocenters. The first-order chi connectivity index (χ1) is 9.82. The average molecular weight is 334 g/mol. The summed E-state index contributed by atoms with van der Waals surface area (Å²) in [7, 11) is -3.73. The Morgan fingerprint density at radius 2 is 2.00 bits per heavy atom. The molecule has 0 aliphatic heterocycles. The topological polar surface area (TPSA) is 80.4 Å². The maximum absolute atomic E-state index is 11.7. The van der Waals surface area contributed by atoms with Crippen molar-refractivity contribution in [1.82, 2.24) is 0 Å². The molecular weight excluding hydrogens is 306 g/mol. The molecule has 0 radical (unpaired) electrons. The van der Waals surface area contributed by atoms with Gasteiger partial charge in [-0.25, -0.2) is 13.6 Å². The molecule has 6 heteroatoms. The Morgan fingerprint density at radius 3 is 2.52 bits per heavy atom. The fourth-order valence-corrected chi connectivity index (χ4v) is 4.63. The van der Waals surface area contributed by atoms with Crippen LogP contribution in [0.4, 0.5) is 0 Å². The van der Waals surface area contributed by atoms with Crippen LogP contribution in [0.3, 0.4) is 0 Å². The molecule has 122 valence electrons. The molecule has 1 heterocycles. The number of unbranched alkanes of at least 4 members (excludes halogenated alkanes) is 2. The third-order valence-corrected chi connectivity index (χ3v) is 6.51. The summed E-state index contributed by atoms with van der Waals surface area (Å²) in [6.45, 7) is 6.23. The van der Waals surface area contributed by atoms with Gasteiger partial charge in [0.15, 0.2) is 0 Å². The Kier molecular flexibility index (Phi) is 7.33. The standard InChI is InChI=1S/C15H27NO3S2/c1-4-6-7-8-13(17)14(11(3)5-2)12-9-10-20-15(12)21(16,18)19/h9-11,13-14,17H,4-8H2,1-3H3,(H2,16,18,19)/t11-,13?,14-/m0/s1. The maximum Gasteiger partial charge on any atom is 0.247 e. The monoisotopic (exact) mass is 333 g/mol. The Hall–Kier alpha value is -0.430. The molecule has 0 saturated heterocycles. The molecule has 0 amide bonds. The zero-order chi connectivity index (χ0) is 16.0. The number of aliphatic hydroxyl groups is 1. The van der Waals surface area contributed by atoms with Gasteiger partial charge in [0.2, 0.25) is 10.0 Å². The van der Waals surface area contributed by atoms with Gasteiger partial charge < -0.3 is 5.11 Å². The van der Waals surface area contributed by atoms with Crippen molar-refractivity contribution in [3.05, 3.63) is 17.0 Å². The second-order valence-electron chi connectivity index (χ2n) is 5.68. The lowest BCUT2D eigenvalue weighted by Gasteiger charge is -2.28. The van der Waals surface area contributed by atoms with Crippen LogP contribution in [0.2, 0.25) is 0 Å². The highest BCUT2D eigenvalue weighted by Gasteiger charge is 2.31. The van der Waals surface area contributed by atoms with E-state index >= 15 is 0 Å². The molecule has 0 bridgehead atoms. The third-order valence-electron chi connectivity index (χ3n) is 4.05. The average Bonchev–Trinajstić information content (AvgIpc) is 2.88. The number of hydrogen-bond donors (Lipinski definition) is 2. The van der Waals surface area contributed by atoms with E-state index in [9.17, 15) is 13.5 Å². The molecule has 21 heavy (non-hydrogen) atoms. The molecule has 0 spiro atoms. The Bertz CT molecular complexity index is 525. The Morgan fingerprint density at radius 1 is 1.33 bits per heavy atom. The third kappa shape index (κ3) is 5.06. The van der Waals surface area contributed by atoms with E-state index in [1.807, 2.05) is 0 Å². The second kappa shape index (κ2) is 8.27. The Labute approximate surface area is 132 Å². The molecule has 1 rings (SSSR count). The predicted molar refractivity (Wildman–Crippen MR) is 88.0 cm³/mol. The minimum absolute atomic E-state index is 0.175. The SMILES string of the molecule is CCCCCC(O)[C@H](c1ccsc1S(N)(=O)=O)[C@@H](C)CC. The first-order valence-corrected chi connectivity index (χ1v) is 10.0. The van der Waals surface area contributed by atoms with Crippen molar-refractivity contribution in [2.45, 2.75) is 69.1 Å². The van der Waals surface area contributed by atoms with Gasteiger partial charge in [-0.05, 0) is 29.3 Å². The zero-order valence-corrected chi connectivity index (χ0v) is 14.7. The lowest BCUT2D eigenvalue weighted by molar-refractivity contribution is 0.105. The van der Waals surface area contributed by atoms with E-state index in [0.29, 0.717) is 12.0 Å². The molecule has 0 saturated carbocycles. The van der Waals surface area contributed by atoms with Gasteiger partial charge in [-0.15, -0.1) is 11.3 Å². The summed E-state index contributed by atoms with van der Waals surface area (Å²) in [6.07, 6.45) is 4.19. The molecule has 0 aromatic carbocycles. The van der Waals surface area contributed by atoms with Gasteiger partial charge in [0.25, 0.3) is 0 Å². The van der Waals surface area contributed by atoms with Crippen molar-refractivity contribution in [1.29, 1.82) is 0 Å². The molecule has 1 aromatic rings. The van der Waals surface area contributed by atoms with Gasteiger partial charge in [-0.3, -0.25) is 0 Å². The number of nitrogens with two attached hydrogens (primary N) is 1. The van der Waals surface area contributed by atoms with Crippen LogP contribution in [0, 0.1) is 5.92 Å². The van der Waals surface area contributed by atoms with Crippen molar-refractivity contribution >= 4 is 21.4 Å². The lowest BCUT2D eigenvalue weighted by atomic mass is 9.81. The molecule has 0 aliphatic rings. The van der Waals surface area contributed by atoms with E-state index in [4.69, 9.17) is 5.14 Å². The smallest absolute Gasteiger partial charge is 0.247 e. The van der Waals surface area contributed by atoms with E-state index in [-0.39, 0.29) is 16.0 Å². The van der Waals surface area contributed by atoms with Crippen LogP contribution < -0.4 is 5.14 Å². The zero-order valence-electron chi connectivity index (χ0n) is 13.1. The van der Waals surface area contributed by atoms with Crippen molar-refractivity contribution in [3.63, 3.8) is 0 Å². The molecule has 0 aliphatic carbocycles. The fourth-order valence-electron chi connectivity index (χ4n) is 2.71. The first-order valence-electron chi connectivity index (χ1n) is 7.61. The van der Waals surface area contributed by atoms with Crippen LogP contribution in [-0.4, -0.2) is 19.6 Å². The fraction of sp³-hybridized carbons (Fsp3) is 0.733. The molecule has 1 aromatic heterocycles. The van der Waals surface area contributed by atoms with Crippen LogP contribution in [0.15, 0.2) is 15.7 Å². The van der Waals surface area contributed by atoms with Gasteiger partial charge in [-0.2, -0.15) is 0 Å². The summed E-state index contributed by atoms with van der Waals surface area (Å²) in [6, 6.07) is 1.80. The summed E-state index contributed by atoms with van der Waals surface area (Å²) in [5.74, 6) is 0.0307. The normalized spacial score (nSPS) is 16.6. The lowest BCUT2D eigenvalue weighted by Crippen LogP contribution is -2.26. The molecule has 3 atom stereocenters. The van der Waals surface area contributed by atoms with E-state index in [1.165, 1.54) is 0 Å². The number of thiophene rings is 1. The van der Waals surface area contributed by atoms with Crippen LogP contribution in [0.5, 0.6) is 0 Å². The van der Waals surface area contributed by atoms with Gasteiger partial charge in [0.1, 0.15) is 4.21 Å². The van der Waals surface area contributed by atoms with Crippen LogP contribution >= 0.6 is 11.3 Å². The van der Waals surface area contributed by atoms with Gasteiger partial charge in [0, 0.05) is 5.92 Å². The van der Waals surface area contributed by atoms with Crippen molar-refractivity contribution < 1.29 is 13.5 Å². The predicted octanol–water partition coefficient (Wildman–Crippen LogP) is 3.47. The van der Waals surface area contributed by atoms with E-state index in [0.717, 1.165) is 37.0 Å². The summed E-state index contributed by atoms with van der Waals surface area (Å²) in [5.41, 5.74) is 0.681. The summed E-state index contributed by atoms with van der Waals surface area (Å²) in [5, 5.41) is 17.6. The highest BCUT2D eigenvalue weighted by Crippen LogP contribution is 2.38. The molecule has 4 nitrogen and oxygen atoms in total. The quantitative estimate of drug-likeness (QED) is 0.679. The highest BCUT2D eigenvalue weighted by atomic mass is 32.2. The molecule has 0 fully saturated rings. The largest absolute Gasteiger partial charge is 0.392 e. The van der Waals surface area contributed by atoms with Crippen molar-refractivity contribution in [3.8, 4) is 0 Å². The number of hydrogen-bond acceptors (Lipinski definition) is 4. The van der Waals surface area contributed by atoms with Gasteiger partial charge in [0.05, 0.1) is 6.10 Å². The van der Waals surface area contributed by atoms with Crippen molar-refractivity contribution in [2.75, 3.05) is 0 Å². The number of primary sulfonamides is 1. The highest BCUT2D eigenvalue weighted by molar-refractivity contribution is 7.91. The minimum atomic E-state index is -3.73. The van der Waals surface area contributed by atoms with E-state index in [1.54, 1.807) is 11.4 Å². The minimum Gasteiger partial charge on any atom is -0.392 e. The molecular formula is C15H27NO3S2. The number of rotatable bonds is 9. The van der Waals surface area contributed by atoms with Crippen LogP contribution in [-0.2, 0) is 10.0 Å². The van der Waals surface area contributed by atoms with E-state index in [2.05, 4.69) is 20.8 Å². The maximum atomic E-state index is 11.7. The Balaban J connectivity index is 3.06.